The van der Waals surface area contributed by atoms with Crippen LogP contribution in [0.5, 0.6) is 0 Å². The molecule has 3 aromatic heterocycles. The number of carbonyl (C=O) groups is 1. The van der Waals surface area contributed by atoms with Gasteiger partial charge in [-0.2, -0.15) is 5.10 Å². The minimum absolute atomic E-state index is 0.263. The molecule has 1 aromatic carbocycles. The van der Waals surface area contributed by atoms with Crippen LogP contribution >= 0.6 is 23.6 Å². The lowest BCUT2D eigenvalue weighted by atomic mass is 10.2. The highest BCUT2D eigenvalue weighted by Gasteiger charge is 2.21. The van der Waals surface area contributed by atoms with Gasteiger partial charge in [-0.3, -0.25) is 14.5 Å². The van der Waals surface area contributed by atoms with Gasteiger partial charge in [0.1, 0.15) is 21.4 Å². The van der Waals surface area contributed by atoms with Gasteiger partial charge in [0.25, 0.3) is 5.56 Å². The number of H-pyrrole nitrogens is 2. The minimum atomic E-state index is -0.445. The van der Waals surface area contributed by atoms with E-state index < -0.39 is 5.97 Å². The van der Waals surface area contributed by atoms with Crippen molar-refractivity contribution in [2.75, 3.05) is 6.61 Å². The van der Waals surface area contributed by atoms with Gasteiger partial charge in [0.15, 0.2) is 4.77 Å². The lowest BCUT2D eigenvalue weighted by molar-refractivity contribution is 0.0531. The first-order valence-electron chi connectivity index (χ1n) is 8.90. The van der Waals surface area contributed by atoms with Crippen LogP contribution in [0, 0.1) is 11.7 Å². The molecule has 0 bridgehead atoms. The van der Waals surface area contributed by atoms with Gasteiger partial charge >= 0.3 is 5.97 Å². The van der Waals surface area contributed by atoms with Crippen LogP contribution in [0.2, 0.25) is 0 Å². The highest BCUT2D eigenvalue weighted by atomic mass is 32.1. The molecule has 4 aromatic rings. The van der Waals surface area contributed by atoms with Gasteiger partial charge in [-0.15, -0.1) is 11.3 Å². The molecule has 0 amide bonds. The molecule has 0 aliphatic heterocycles. The number of hydrogen-bond donors (Lipinski definition) is 2. The number of aromatic amines is 2. The lowest BCUT2D eigenvalue weighted by Crippen LogP contribution is -2.13. The van der Waals surface area contributed by atoms with Crippen molar-refractivity contribution >= 4 is 39.7 Å². The fraction of sp³-hybridized carbons (Fsp3) is 0.211. The molecule has 0 aliphatic rings. The highest BCUT2D eigenvalue weighted by molar-refractivity contribution is 7.71. The number of benzene rings is 1. The van der Waals surface area contributed by atoms with Crippen LogP contribution in [0.3, 0.4) is 0 Å². The molecule has 0 saturated carbocycles. The first kappa shape index (κ1) is 19.2. The monoisotopic (exact) mass is 427 g/mol. The summed E-state index contributed by atoms with van der Waals surface area (Å²) in [5, 5.41) is 7.48. The second kappa shape index (κ2) is 7.72. The Morgan fingerprint density at radius 2 is 2.07 bits per heavy atom. The Morgan fingerprint density at radius 1 is 1.31 bits per heavy atom. The van der Waals surface area contributed by atoms with Gasteiger partial charge < -0.3 is 9.72 Å². The topological polar surface area (TPSA) is 106 Å². The number of para-hydroxylation sites is 1. The Morgan fingerprint density at radius 3 is 2.79 bits per heavy atom. The van der Waals surface area contributed by atoms with E-state index in [2.05, 4.69) is 20.2 Å². The number of nitrogens with zero attached hydrogens (tertiary/aromatic N) is 3. The summed E-state index contributed by atoms with van der Waals surface area (Å²) in [4.78, 5) is 33.0. The maximum absolute atomic E-state index is 12.7. The summed E-state index contributed by atoms with van der Waals surface area (Å²) in [6.07, 6.45) is 0.263. The zero-order valence-electron chi connectivity index (χ0n) is 15.7. The minimum Gasteiger partial charge on any atom is -0.462 e. The molecule has 3 heterocycles. The van der Waals surface area contributed by atoms with Crippen LogP contribution in [-0.4, -0.2) is 37.3 Å². The summed E-state index contributed by atoms with van der Waals surface area (Å²) in [6.45, 7) is 3.73. The van der Waals surface area contributed by atoms with Crippen molar-refractivity contribution in [1.82, 2.24) is 24.7 Å². The Balaban J connectivity index is 1.77. The van der Waals surface area contributed by atoms with Gasteiger partial charge in [0.2, 0.25) is 0 Å². The lowest BCUT2D eigenvalue weighted by Gasteiger charge is -2.06. The molecule has 29 heavy (non-hydrogen) atoms. The van der Waals surface area contributed by atoms with Crippen molar-refractivity contribution in [3.05, 3.63) is 67.5 Å². The van der Waals surface area contributed by atoms with E-state index in [0.29, 0.717) is 37.1 Å². The second-order valence-electron chi connectivity index (χ2n) is 6.26. The molecule has 8 nitrogen and oxygen atoms in total. The molecular weight excluding hydrogens is 410 g/mol. The molecule has 0 saturated heterocycles. The predicted molar refractivity (Wildman–Crippen MR) is 112 cm³/mol. The van der Waals surface area contributed by atoms with Gasteiger partial charge in [-0.05, 0) is 43.8 Å². The first-order chi connectivity index (χ1) is 14.0. The van der Waals surface area contributed by atoms with Crippen molar-refractivity contribution in [3.63, 3.8) is 0 Å². The SMILES string of the molecule is CCOC(=O)c1sc2nc(Cc3n[nH]c(=S)n3-c3ccccc3)[nH]c(=O)c2c1C. The third-order valence-corrected chi connectivity index (χ3v) is 5.83. The number of fused-ring (bicyclic) bond motifs is 1. The maximum atomic E-state index is 12.7. The Hall–Kier alpha value is -3.11. The fourth-order valence-corrected chi connectivity index (χ4v) is 4.46. The molecular formula is C19H17N5O3S2. The van der Waals surface area contributed by atoms with Gasteiger partial charge in [-0.25, -0.2) is 9.78 Å². The zero-order valence-corrected chi connectivity index (χ0v) is 17.3. The van der Waals surface area contributed by atoms with Gasteiger partial charge in [-0.1, -0.05) is 18.2 Å². The smallest absolute Gasteiger partial charge is 0.348 e. The van der Waals surface area contributed by atoms with Crippen LogP contribution in [-0.2, 0) is 11.2 Å². The number of rotatable bonds is 5. The third-order valence-electron chi connectivity index (χ3n) is 4.39. The van der Waals surface area contributed by atoms with E-state index in [-0.39, 0.29) is 18.6 Å². The number of aromatic nitrogens is 5. The Bertz CT molecular complexity index is 1320. The zero-order chi connectivity index (χ0) is 20.5. The average Bonchev–Trinajstić information content (AvgIpc) is 3.23. The molecule has 0 aliphatic carbocycles. The third kappa shape index (κ3) is 3.52. The van der Waals surface area contributed by atoms with Crippen LogP contribution in [0.15, 0.2) is 35.1 Å². The normalized spacial score (nSPS) is 11.1. The summed E-state index contributed by atoms with van der Waals surface area (Å²) < 4.78 is 7.32. The average molecular weight is 428 g/mol. The molecule has 0 atom stereocenters. The van der Waals surface area contributed by atoms with Gasteiger partial charge in [0.05, 0.1) is 18.4 Å². The summed E-state index contributed by atoms with van der Waals surface area (Å²) in [5.41, 5.74) is 1.15. The first-order valence-corrected chi connectivity index (χ1v) is 10.1. The van der Waals surface area contributed by atoms with Crippen LogP contribution < -0.4 is 5.56 Å². The predicted octanol–water partition coefficient (Wildman–Crippen LogP) is 3.30. The number of aryl methyl sites for hydroxylation is 1. The summed E-state index contributed by atoms with van der Waals surface area (Å²) >= 11 is 6.51. The van der Waals surface area contributed by atoms with Crippen LogP contribution in [0.25, 0.3) is 15.9 Å². The number of ether oxygens (including phenoxy) is 1. The van der Waals surface area contributed by atoms with E-state index in [1.54, 1.807) is 18.4 Å². The van der Waals surface area contributed by atoms with Crippen molar-refractivity contribution in [1.29, 1.82) is 0 Å². The van der Waals surface area contributed by atoms with E-state index in [0.717, 1.165) is 17.0 Å². The van der Waals surface area contributed by atoms with Crippen LogP contribution in [0.4, 0.5) is 0 Å². The largest absolute Gasteiger partial charge is 0.462 e. The number of carbonyl (C=O) groups excluding carboxylic acids is 1. The fourth-order valence-electron chi connectivity index (χ4n) is 3.10. The summed E-state index contributed by atoms with van der Waals surface area (Å²) in [5.74, 6) is 0.604. The standard InChI is InChI=1S/C19H17N5O3S2/c1-3-27-18(26)15-10(2)14-16(25)20-12(21-17(14)29-15)9-13-22-23-19(28)24(13)11-7-5-4-6-8-11/h4-8H,3,9H2,1-2H3,(H,23,28)(H,20,21,25). The van der Waals surface area contributed by atoms with Crippen molar-refractivity contribution in [2.45, 2.75) is 20.3 Å². The number of hydrogen-bond acceptors (Lipinski definition) is 7. The molecule has 0 unspecified atom stereocenters. The summed E-state index contributed by atoms with van der Waals surface area (Å²) in [7, 11) is 0. The van der Waals surface area contributed by atoms with E-state index in [9.17, 15) is 9.59 Å². The Labute approximate surface area is 174 Å². The van der Waals surface area contributed by atoms with Crippen LogP contribution in [0.1, 0.15) is 33.8 Å². The molecule has 2 N–H and O–H groups in total. The van der Waals surface area contributed by atoms with E-state index in [1.165, 1.54) is 0 Å². The van der Waals surface area contributed by atoms with Crippen molar-refractivity contribution in [3.8, 4) is 5.69 Å². The second-order valence-corrected chi connectivity index (χ2v) is 7.65. The molecule has 0 radical (unpaired) electrons. The molecule has 0 fully saturated rings. The molecule has 4 rings (SSSR count). The maximum Gasteiger partial charge on any atom is 0.348 e. The molecule has 0 spiro atoms. The molecule has 148 valence electrons. The van der Waals surface area contributed by atoms with Crippen molar-refractivity contribution in [2.24, 2.45) is 0 Å². The number of nitrogens with one attached hydrogen (secondary N) is 2. The quantitative estimate of drug-likeness (QED) is 0.374. The highest BCUT2D eigenvalue weighted by Crippen LogP contribution is 2.28. The van der Waals surface area contributed by atoms with E-state index in [1.807, 2.05) is 30.3 Å². The number of thiophene rings is 1. The van der Waals surface area contributed by atoms with Gasteiger partial charge in [0, 0.05) is 5.69 Å². The Kier molecular flexibility index (Phi) is 5.12. The van der Waals surface area contributed by atoms with E-state index in [4.69, 9.17) is 17.0 Å². The molecule has 10 heteroatoms. The van der Waals surface area contributed by atoms with Crippen molar-refractivity contribution < 1.29 is 9.53 Å². The summed E-state index contributed by atoms with van der Waals surface area (Å²) in [6, 6.07) is 9.57. The van der Waals surface area contributed by atoms with E-state index >= 15 is 0 Å². The number of esters is 1.